The number of ether oxygens (including phenoxy) is 3. The number of nitrogens with one attached hydrogen (secondary N) is 1. The number of carbonyl (C=O) groups is 1. The maximum atomic E-state index is 12.0. The Balaban J connectivity index is 1.69. The molecule has 0 radical (unpaired) electrons. The molecule has 8 nitrogen and oxygen atoms in total. The van der Waals surface area contributed by atoms with Crippen LogP contribution in [0.15, 0.2) is 47.6 Å². The molecule has 0 bridgehead atoms. The van der Waals surface area contributed by atoms with Crippen LogP contribution >= 0.6 is 0 Å². The van der Waals surface area contributed by atoms with E-state index >= 15 is 0 Å². The molecule has 2 aromatic rings. The normalized spacial score (nSPS) is 18.4. The second kappa shape index (κ2) is 11.4. The van der Waals surface area contributed by atoms with Crippen molar-refractivity contribution in [2.24, 2.45) is 16.8 Å². The van der Waals surface area contributed by atoms with Crippen molar-refractivity contribution in [1.82, 2.24) is 15.2 Å². The molecule has 1 N–H and O–H groups in total. The fourth-order valence-electron chi connectivity index (χ4n) is 3.72. The van der Waals surface area contributed by atoms with Gasteiger partial charge in [0.25, 0.3) is 0 Å². The molecule has 0 aliphatic carbocycles. The summed E-state index contributed by atoms with van der Waals surface area (Å²) in [6.07, 6.45) is 2.62. The molecule has 1 aromatic heterocycles. The van der Waals surface area contributed by atoms with Crippen molar-refractivity contribution in [3.8, 4) is 17.4 Å². The van der Waals surface area contributed by atoms with Gasteiger partial charge in [-0.05, 0) is 30.5 Å². The second-order valence-electron chi connectivity index (χ2n) is 7.78. The van der Waals surface area contributed by atoms with Crippen LogP contribution in [0.25, 0.3) is 0 Å². The molecule has 0 spiro atoms. The van der Waals surface area contributed by atoms with Crippen molar-refractivity contribution >= 4 is 11.9 Å². The standard InChI is InChI=1S/C24H32N4O4/c1-5-13-31-20-10-6-7-11-21(20)32-22-18(9-8-12-26-22)14-27-24(25-3)28-15-17(2)19(16-28)23(29)30-4/h6-12,17,19H,5,13-16H2,1-4H3,(H,25,27). The Morgan fingerprint density at radius 1 is 1.22 bits per heavy atom. The predicted octanol–water partition coefficient (Wildman–Crippen LogP) is 3.48. The molecule has 0 saturated carbocycles. The van der Waals surface area contributed by atoms with Gasteiger partial charge in [0.15, 0.2) is 17.5 Å². The third-order valence-electron chi connectivity index (χ3n) is 5.43. The van der Waals surface area contributed by atoms with Gasteiger partial charge in [0.2, 0.25) is 5.88 Å². The zero-order chi connectivity index (χ0) is 22.9. The number of methoxy groups -OCH3 is 1. The number of benzene rings is 1. The molecule has 2 heterocycles. The molecule has 8 heteroatoms. The lowest BCUT2D eigenvalue weighted by molar-refractivity contribution is -0.145. The van der Waals surface area contributed by atoms with E-state index < -0.39 is 0 Å². The maximum absolute atomic E-state index is 12.0. The lowest BCUT2D eigenvalue weighted by atomic mass is 9.99. The Kier molecular flexibility index (Phi) is 8.30. The van der Waals surface area contributed by atoms with Gasteiger partial charge in [0.1, 0.15) is 0 Å². The first-order chi connectivity index (χ1) is 15.6. The molecule has 2 atom stereocenters. The number of rotatable bonds is 8. The van der Waals surface area contributed by atoms with Crippen LogP contribution in [0.3, 0.4) is 0 Å². The number of hydrogen-bond donors (Lipinski definition) is 1. The third kappa shape index (κ3) is 5.69. The van der Waals surface area contributed by atoms with Crippen LogP contribution in [0.1, 0.15) is 25.8 Å². The molecular weight excluding hydrogens is 408 g/mol. The number of pyridine rings is 1. The summed E-state index contributed by atoms with van der Waals surface area (Å²) >= 11 is 0. The van der Waals surface area contributed by atoms with Crippen LogP contribution in [0.5, 0.6) is 17.4 Å². The van der Waals surface area contributed by atoms with E-state index in [1.165, 1.54) is 7.11 Å². The summed E-state index contributed by atoms with van der Waals surface area (Å²) in [5.41, 5.74) is 0.885. The summed E-state index contributed by atoms with van der Waals surface area (Å²) in [5.74, 6) is 2.40. The van der Waals surface area contributed by atoms with Crippen molar-refractivity contribution in [2.75, 3.05) is 33.9 Å². The molecule has 1 aliphatic rings. The van der Waals surface area contributed by atoms with Crippen LogP contribution in [-0.2, 0) is 16.1 Å². The van der Waals surface area contributed by atoms with E-state index in [9.17, 15) is 4.79 Å². The zero-order valence-electron chi connectivity index (χ0n) is 19.2. The highest BCUT2D eigenvalue weighted by atomic mass is 16.5. The van der Waals surface area contributed by atoms with E-state index in [2.05, 4.69) is 34.0 Å². The van der Waals surface area contributed by atoms with Crippen molar-refractivity contribution < 1.29 is 19.0 Å². The van der Waals surface area contributed by atoms with Gasteiger partial charge < -0.3 is 24.4 Å². The summed E-state index contributed by atoms with van der Waals surface area (Å²) in [4.78, 5) is 22.9. The topological polar surface area (TPSA) is 85.3 Å². The third-order valence-corrected chi connectivity index (χ3v) is 5.43. The number of hydrogen-bond acceptors (Lipinski definition) is 6. The number of carbonyl (C=O) groups excluding carboxylic acids is 1. The van der Waals surface area contributed by atoms with Crippen molar-refractivity contribution in [3.05, 3.63) is 48.2 Å². The lowest BCUT2D eigenvalue weighted by Crippen LogP contribution is -2.40. The van der Waals surface area contributed by atoms with Gasteiger partial charge in [-0.25, -0.2) is 4.98 Å². The Bertz CT molecular complexity index is 934. The molecule has 1 aliphatic heterocycles. The van der Waals surface area contributed by atoms with Crippen LogP contribution in [0.4, 0.5) is 0 Å². The Morgan fingerprint density at radius 3 is 2.72 bits per heavy atom. The predicted molar refractivity (Wildman–Crippen MR) is 123 cm³/mol. The van der Waals surface area contributed by atoms with E-state index in [0.29, 0.717) is 37.1 Å². The number of esters is 1. The van der Waals surface area contributed by atoms with Gasteiger partial charge in [-0.15, -0.1) is 0 Å². The molecule has 32 heavy (non-hydrogen) atoms. The maximum Gasteiger partial charge on any atom is 0.310 e. The number of guanidine groups is 1. The Labute approximate surface area is 189 Å². The highest BCUT2D eigenvalue weighted by Crippen LogP contribution is 2.32. The van der Waals surface area contributed by atoms with Gasteiger partial charge in [-0.2, -0.15) is 0 Å². The first kappa shape index (κ1) is 23.4. The lowest BCUT2D eigenvalue weighted by Gasteiger charge is -2.22. The average Bonchev–Trinajstić information content (AvgIpc) is 3.20. The quantitative estimate of drug-likeness (QED) is 0.382. The summed E-state index contributed by atoms with van der Waals surface area (Å²) < 4.78 is 16.9. The molecule has 1 fully saturated rings. The van der Waals surface area contributed by atoms with Gasteiger partial charge in [-0.3, -0.25) is 9.79 Å². The minimum Gasteiger partial charge on any atom is -0.490 e. The van der Waals surface area contributed by atoms with Crippen LogP contribution in [0, 0.1) is 11.8 Å². The van der Waals surface area contributed by atoms with Crippen molar-refractivity contribution in [3.63, 3.8) is 0 Å². The first-order valence-corrected chi connectivity index (χ1v) is 10.9. The fraction of sp³-hybridized carbons (Fsp3) is 0.458. The number of para-hydroxylation sites is 2. The first-order valence-electron chi connectivity index (χ1n) is 10.9. The minimum absolute atomic E-state index is 0.157. The summed E-state index contributed by atoms with van der Waals surface area (Å²) in [6, 6.07) is 11.4. The second-order valence-corrected chi connectivity index (χ2v) is 7.78. The zero-order valence-corrected chi connectivity index (χ0v) is 19.2. The van der Waals surface area contributed by atoms with E-state index in [-0.39, 0.29) is 17.8 Å². The fourth-order valence-corrected chi connectivity index (χ4v) is 3.72. The van der Waals surface area contributed by atoms with Crippen LogP contribution < -0.4 is 14.8 Å². The van der Waals surface area contributed by atoms with E-state index in [4.69, 9.17) is 14.2 Å². The Hall–Kier alpha value is -3.29. The van der Waals surface area contributed by atoms with Crippen LogP contribution in [-0.4, -0.2) is 55.7 Å². The van der Waals surface area contributed by atoms with Crippen molar-refractivity contribution in [1.29, 1.82) is 0 Å². The summed E-state index contributed by atoms with van der Waals surface area (Å²) in [5, 5.41) is 3.37. The number of aliphatic imine (C=N–C) groups is 1. The molecule has 1 saturated heterocycles. The highest BCUT2D eigenvalue weighted by molar-refractivity contribution is 5.82. The van der Waals surface area contributed by atoms with Gasteiger partial charge in [0.05, 0.1) is 19.6 Å². The number of nitrogens with zero attached hydrogens (tertiary/aromatic N) is 3. The monoisotopic (exact) mass is 440 g/mol. The molecule has 1 aromatic carbocycles. The number of likely N-dealkylation sites (tertiary alicyclic amines) is 1. The van der Waals surface area contributed by atoms with Gasteiger partial charge in [0, 0.05) is 38.4 Å². The van der Waals surface area contributed by atoms with Crippen molar-refractivity contribution in [2.45, 2.75) is 26.8 Å². The molecule has 3 rings (SSSR count). The van der Waals surface area contributed by atoms with Gasteiger partial charge in [-0.1, -0.05) is 32.0 Å². The van der Waals surface area contributed by atoms with E-state index in [1.54, 1.807) is 13.2 Å². The molecule has 2 unspecified atom stereocenters. The van der Waals surface area contributed by atoms with E-state index in [0.717, 1.165) is 24.5 Å². The highest BCUT2D eigenvalue weighted by Gasteiger charge is 2.36. The van der Waals surface area contributed by atoms with E-state index in [1.807, 2.05) is 36.4 Å². The molecule has 172 valence electrons. The van der Waals surface area contributed by atoms with Crippen LogP contribution in [0.2, 0.25) is 0 Å². The average molecular weight is 441 g/mol. The number of aromatic nitrogens is 1. The summed E-state index contributed by atoms with van der Waals surface area (Å²) in [7, 11) is 3.17. The molecular formula is C24H32N4O4. The smallest absolute Gasteiger partial charge is 0.310 e. The molecule has 0 amide bonds. The Morgan fingerprint density at radius 2 is 2.00 bits per heavy atom. The summed E-state index contributed by atoms with van der Waals surface area (Å²) in [6.45, 7) is 6.52. The SMILES string of the molecule is CCCOc1ccccc1Oc1ncccc1CNC(=NC)N1CC(C)C(C(=O)OC)C1. The minimum atomic E-state index is -0.178. The van der Waals surface area contributed by atoms with Gasteiger partial charge >= 0.3 is 5.97 Å². The largest absolute Gasteiger partial charge is 0.490 e.